The molecule has 2 fully saturated rings. The van der Waals surface area contributed by atoms with E-state index < -0.39 is 0 Å². The maximum absolute atomic E-state index is 12.7. The van der Waals surface area contributed by atoms with Crippen molar-refractivity contribution in [3.63, 3.8) is 0 Å². The first-order valence-corrected chi connectivity index (χ1v) is 10.7. The van der Waals surface area contributed by atoms with E-state index in [0.717, 1.165) is 43.9 Å². The number of hydrogen-bond acceptors (Lipinski definition) is 4. The smallest absolute Gasteiger partial charge is 0.254 e. The van der Waals surface area contributed by atoms with E-state index in [9.17, 15) is 9.59 Å². The minimum atomic E-state index is 0.0120. The summed E-state index contributed by atoms with van der Waals surface area (Å²) in [4.78, 5) is 31.5. The summed E-state index contributed by atoms with van der Waals surface area (Å²) in [6.07, 6.45) is 0.473. The molecule has 2 saturated heterocycles. The number of benzene rings is 2. The molecule has 6 heteroatoms. The van der Waals surface area contributed by atoms with Crippen LogP contribution in [0.2, 0.25) is 0 Å². The predicted molar refractivity (Wildman–Crippen MR) is 115 cm³/mol. The number of carbonyl (C=O) groups is 2. The van der Waals surface area contributed by atoms with Crippen molar-refractivity contribution in [1.29, 1.82) is 0 Å². The molecule has 1 atom stereocenters. The molecule has 2 aromatic rings. The van der Waals surface area contributed by atoms with Crippen LogP contribution in [0.4, 0.5) is 0 Å². The molecule has 158 valence electrons. The summed E-state index contributed by atoms with van der Waals surface area (Å²) in [5.41, 5.74) is 1.78. The zero-order valence-corrected chi connectivity index (χ0v) is 17.3. The summed E-state index contributed by atoms with van der Waals surface area (Å²) in [5, 5.41) is 0. The van der Waals surface area contributed by atoms with Crippen LogP contribution in [0.25, 0.3) is 0 Å². The third-order valence-electron chi connectivity index (χ3n) is 5.83. The number of morpholine rings is 1. The molecular weight excluding hydrogens is 378 g/mol. The molecule has 0 radical (unpaired) electrons. The summed E-state index contributed by atoms with van der Waals surface area (Å²) in [7, 11) is 0. The van der Waals surface area contributed by atoms with Crippen molar-refractivity contribution in [3.8, 4) is 0 Å². The molecule has 6 nitrogen and oxygen atoms in total. The molecule has 4 rings (SSSR count). The van der Waals surface area contributed by atoms with E-state index >= 15 is 0 Å². The summed E-state index contributed by atoms with van der Waals surface area (Å²) in [5.74, 6) is 0.259. The van der Waals surface area contributed by atoms with Crippen molar-refractivity contribution >= 4 is 11.8 Å². The monoisotopic (exact) mass is 407 g/mol. The van der Waals surface area contributed by atoms with Crippen LogP contribution in [-0.2, 0) is 16.0 Å². The van der Waals surface area contributed by atoms with Crippen molar-refractivity contribution in [3.05, 3.63) is 71.8 Å². The van der Waals surface area contributed by atoms with Crippen molar-refractivity contribution in [2.24, 2.45) is 0 Å². The highest BCUT2D eigenvalue weighted by Crippen LogP contribution is 2.13. The Bertz CT molecular complexity index is 835. The molecule has 0 bridgehead atoms. The van der Waals surface area contributed by atoms with Crippen LogP contribution >= 0.6 is 0 Å². The molecule has 30 heavy (non-hydrogen) atoms. The molecular formula is C24H29N3O3. The maximum atomic E-state index is 12.7. The number of piperazine rings is 1. The molecule has 2 aliphatic heterocycles. The highest BCUT2D eigenvalue weighted by Gasteiger charge is 2.28. The molecule has 2 aromatic carbocycles. The van der Waals surface area contributed by atoms with Crippen LogP contribution in [0.5, 0.6) is 0 Å². The maximum Gasteiger partial charge on any atom is 0.254 e. The Morgan fingerprint density at radius 2 is 1.50 bits per heavy atom. The fourth-order valence-electron chi connectivity index (χ4n) is 4.13. The predicted octanol–water partition coefficient (Wildman–Crippen LogP) is 1.91. The van der Waals surface area contributed by atoms with E-state index in [4.69, 9.17) is 4.74 Å². The Labute approximate surface area is 178 Å². The average molecular weight is 408 g/mol. The molecule has 1 unspecified atom stereocenters. The highest BCUT2D eigenvalue weighted by molar-refractivity contribution is 5.94. The fraction of sp³-hybridized carbons (Fsp3) is 0.417. The zero-order valence-electron chi connectivity index (χ0n) is 17.3. The summed E-state index contributed by atoms with van der Waals surface area (Å²) >= 11 is 0. The van der Waals surface area contributed by atoms with E-state index in [1.54, 1.807) is 0 Å². The Kier molecular flexibility index (Phi) is 6.77. The second-order valence-electron chi connectivity index (χ2n) is 7.95. The first kappa shape index (κ1) is 20.6. The lowest BCUT2D eigenvalue weighted by atomic mass is 10.1. The molecule has 2 aliphatic rings. The standard InChI is InChI=1S/C24H29N3O3/c28-23(17-20-7-3-1-4-8-20)26-13-11-25(12-14-26)18-22-19-27(15-16-30-22)24(29)21-9-5-2-6-10-21/h1-10,22H,11-19H2. The third-order valence-corrected chi connectivity index (χ3v) is 5.83. The SMILES string of the molecule is O=C(Cc1ccccc1)N1CCN(CC2CN(C(=O)c3ccccc3)CCO2)CC1. The lowest BCUT2D eigenvalue weighted by Crippen LogP contribution is -2.54. The van der Waals surface area contributed by atoms with Gasteiger partial charge in [0.15, 0.2) is 0 Å². The number of rotatable bonds is 5. The third kappa shape index (κ3) is 5.26. The van der Waals surface area contributed by atoms with Crippen LogP contribution in [0.15, 0.2) is 60.7 Å². The Balaban J connectivity index is 1.24. The van der Waals surface area contributed by atoms with Gasteiger partial charge in [-0.15, -0.1) is 0 Å². The van der Waals surface area contributed by atoms with E-state index in [2.05, 4.69) is 4.90 Å². The largest absolute Gasteiger partial charge is 0.373 e. The molecule has 0 N–H and O–H groups in total. The molecule has 0 aliphatic carbocycles. The Morgan fingerprint density at radius 1 is 0.833 bits per heavy atom. The van der Waals surface area contributed by atoms with Gasteiger partial charge in [-0.05, 0) is 17.7 Å². The van der Waals surface area contributed by atoms with Crippen LogP contribution < -0.4 is 0 Å². The minimum Gasteiger partial charge on any atom is -0.373 e. The van der Waals surface area contributed by atoms with Crippen LogP contribution in [0, 0.1) is 0 Å². The number of nitrogens with zero attached hydrogens (tertiary/aromatic N) is 3. The van der Waals surface area contributed by atoms with Gasteiger partial charge in [0, 0.05) is 51.4 Å². The van der Waals surface area contributed by atoms with Crippen LogP contribution in [-0.4, -0.2) is 85.0 Å². The van der Waals surface area contributed by atoms with Crippen molar-refractivity contribution in [1.82, 2.24) is 14.7 Å². The summed E-state index contributed by atoms with van der Waals surface area (Å²) in [6.45, 7) is 5.76. The number of amides is 2. The van der Waals surface area contributed by atoms with Crippen molar-refractivity contribution < 1.29 is 14.3 Å². The Morgan fingerprint density at radius 3 is 2.20 bits per heavy atom. The number of hydrogen-bond donors (Lipinski definition) is 0. The zero-order chi connectivity index (χ0) is 20.8. The van der Waals surface area contributed by atoms with Crippen molar-refractivity contribution in [2.75, 3.05) is 52.4 Å². The van der Waals surface area contributed by atoms with Gasteiger partial charge in [-0.25, -0.2) is 0 Å². The van der Waals surface area contributed by atoms with Gasteiger partial charge >= 0.3 is 0 Å². The Hall–Kier alpha value is -2.70. The van der Waals surface area contributed by atoms with E-state index in [0.29, 0.717) is 26.1 Å². The van der Waals surface area contributed by atoms with Gasteiger partial charge in [0.05, 0.1) is 19.1 Å². The van der Waals surface area contributed by atoms with Gasteiger partial charge in [0.25, 0.3) is 5.91 Å². The van der Waals surface area contributed by atoms with E-state index in [1.807, 2.05) is 70.5 Å². The first-order valence-electron chi connectivity index (χ1n) is 10.7. The summed E-state index contributed by atoms with van der Waals surface area (Å²) in [6, 6.07) is 19.3. The molecule has 0 spiro atoms. The first-order chi connectivity index (χ1) is 14.7. The minimum absolute atomic E-state index is 0.0120. The second kappa shape index (κ2) is 9.87. The van der Waals surface area contributed by atoms with Gasteiger partial charge in [-0.3, -0.25) is 14.5 Å². The molecule has 0 saturated carbocycles. The van der Waals surface area contributed by atoms with Gasteiger partial charge in [0.2, 0.25) is 5.91 Å². The normalized spacial score (nSPS) is 20.2. The van der Waals surface area contributed by atoms with E-state index in [1.165, 1.54) is 0 Å². The highest BCUT2D eigenvalue weighted by atomic mass is 16.5. The van der Waals surface area contributed by atoms with Gasteiger partial charge in [-0.1, -0.05) is 48.5 Å². The van der Waals surface area contributed by atoms with Crippen LogP contribution in [0.3, 0.4) is 0 Å². The lowest BCUT2D eigenvalue weighted by Gasteiger charge is -2.39. The molecule has 2 amide bonds. The molecule has 2 heterocycles. The number of carbonyl (C=O) groups excluding carboxylic acids is 2. The molecule has 0 aromatic heterocycles. The fourth-order valence-corrected chi connectivity index (χ4v) is 4.13. The number of ether oxygens (including phenoxy) is 1. The quantitative estimate of drug-likeness (QED) is 0.760. The average Bonchev–Trinajstić information content (AvgIpc) is 2.80. The lowest BCUT2D eigenvalue weighted by molar-refractivity contribution is -0.132. The van der Waals surface area contributed by atoms with Crippen LogP contribution in [0.1, 0.15) is 15.9 Å². The van der Waals surface area contributed by atoms with Gasteiger partial charge < -0.3 is 14.5 Å². The van der Waals surface area contributed by atoms with Gasteiger partial charge in [0.1, 0.15) is 0 Å². The van der Waals surface area contributed by atoms with E-state index in [-0.39, 0.29) is 17.9 Å². The second-order valence-corrected chi connectivity index (χ2v) is 7.95. The van der Waals surface area contributed by atoms with Crippen molar-refractivity contribution in [2.45, 2.75) is 12.5 Å². The topological polar surface area (TPSA) is 53.1 Å². The summed E-state index contributed by atoms with van der Waals surface area (Å²) < 4.78 is 5.93. The van der Waals surface area contributed by atoms with Gasteiger partial charge in [-0.2, -0.15) is 0 Å².